The van der Waals surface area contributed by atoms with Gasteiger partial charge in [-0.15, -0.1) is 12.6 Å². The average Bonchev–Trinajstić information content (AvgIpc) is 2.53. The maximum Gasteiger partial charge on any atom is 0.262 e. The van der Waals surface area contributed by atoms with Crippen molar-refractivity contribution in [2.45, 2.75) is 5.03 Å². The standard InChI is InChI=1S/C6H7N3O2S/c12-6-4(3-7-8-6)5-9-11-2-1-10-5/h3H,1-2H2,(H2,7,8,12). The molecular formula is C6H7N3O2S. The Morgan fingerprint density at radius 3 is 3.00 bits per heavy atom. The first kappa shape index (κ1) is 7.48. The number of thiol groups is 1. The monoisotopic (exact) mass is 185 g/mol. The Kier molecular flexibility index (Phi) is 1.91. The van der Waals surface area contributed by atoms with Crippen molar-refractivity contribution < 1.29 is 9.57 Å². The van der Waals surface area contributed by atoms with Crippen LogP contribution in [0.5, 0.6) is 0 Å². The van der Waals surface area contributed by atoms with Gasteiger partial charge in [0.2, 0.25) is 0 Å². The fourth-order valence-electron chi connectivity index (χ4n) is 0.869. The number of rotatable bonds is 1. The normalized spacial score (nSPS) is 16.2. The molecule has 0 bridgehead atoms. The molecule has 0 atom stereocenters. The molecule has 64 valence electrons. The van der Waals surface area contributed by atoms with E-state index in [1.807, 2.05) is 0 Å². The van der Waals surface area contributed by atoms with E-state index in [1.165, 1.54) is 0 Å². The molecule has 1 aliphatic rings. The maximum atomic E-state index is 5.22. The first-order chi connectivity index (χ1) is 5.88. The van der Waals surface area contributed by atoms with Gasteiger partial charge in [0.25, 0.3) is 5.90 Å². The van der Waals surface area contributed by atoms with Gasteiger partial charge in [0.05, 0.1) is 11.8 Å². The van der Waals surface area contributed by atoms with Crippen LogP contribution in [0, 0.1) is 0 Å². The Balaban J connectivity index is 2.29. The van der Waals surface area contributed by atoms with Gasteiger partial charge in [0, 0.05) is 0 Å². The molecule has 1 aliphatic heterocycles. The van der Waals surface area contributed by atoms with Gasteiger partial charge in [-0.25, -0.2) is 0 Å². The number of aromatic nitrogens is 2. The highest BCUT2D eigenvalue weighted by Gasteiger charge is 2.14. The minimum Gasteiger partial charge on any atom is -0.471 e. The SMILES string of the molecule is Sc1[nH]ncc1C1=NOCCO1. The summed E-state index contributed by atoms with van der Waals surface area (Å²) in [7, 11) is 0. The number of ether oxygens (including phenoxy) is 1. The molecule has 1 N–H and O–H groups in total. The van der Waals surface area contributed by atoms with Crippen LogP contribution < -0.4 is 0 Å². The molecule has 0 aromatic carbocycles. The van der Waals surface area contributed by atoms with E-state index in [-0.39, 0.29) is 0 Å². The lowest BCUT2D eigenvalue weighted by molar-refractivity contribution is 0.0653. The van der Waals surface area contributed by atoms with Crippen molar-refractivity contribution in [3.8, 4) is 0 Å². The summed E-state index contributed by atoms with van der Waals surface area (Å²) < 4.78 is 5.22. The molecule has 1 aromatic heterocycles. The molecule has 0 amide bonds. The molecule has 0 aliphatic carbocycles. The second kappa shape index (κ2) is 3.06. The van der Waals surface area contributed by atoms with Crippen LogP contribution in [0.2, 0.25) is 0 Å². The molecule has 12 heavy (non-hydrogen) atoms. The Hall–Kier alpha value is -1.17. The summed E-state index contributed by atoms with van der Waals surface area (Å²) in [5, 5.41) is 10.8. The number of H-pyrrole nitrogens is 1. The van der Waals surface area contributed by atoms with Crippen molar-refractivity contribution in [1.29, 1.82) is 0 Å². The van der Waals surface area contributed by atoms with E-state index in [9.17, 15) is 0 Å². The van der Waals surface area contributed by atoms with Gasteiger partial charge in [-0.3, -0.25) is 5.10 Å². The van der Waals surface area contributed by atoms with Gasteiger partial charge in [-0.05, 0) is 5.16 Å². The van der Waals surface area contributed by atoms with Crippen molar-refractivity contribution in [3.63, 3.8) is 0 Å². The van der Waals surface area contributed by atoms with Gasteiger partial charge in [0.1, 0.15) is 11.6 Å². The summed E-state index contributed by atoms with van der Waals surface area (Å²) in [4.78, 5) is 4.85. The van der Waals surface area contributed by atoms with E-state index >= 15 is 0 Å². The summed E-state index contributed by atoms with van der Waals surface area (Å²) in [6, 6.07) is 0. The minimum absolute atomic E-state index is 0.431. The lowest BCUT2D eigenvalue weighted by atomic mass is 10.3. The predicted molar refractivity (Wildman–Crippen MR) is 44.3 cm³/mol. The molecule has 0 spiro atoms. The minimum atomic E-state index is 0.431. The molecule has 0 saturated heterocycles. The third-order valence-electron chi connectivity index (χ3n) is 1.41. The molecule has 0 unspecified atom stereocenters. The zero-order valence-corrected chi connectivity index (χ0v) is 7.04. The average molecular weight is 185 g/mol. The molecule has 2 rings (SSSR count). The van der Waals surface area contributed by atoms with Crippen LogP contribution in [0.1, 0.15) is 5.56 Å². The second-order valence-corrected chi connectivity index (χ2v) is 2.66. The van der Waals surface area contributed by atoms with Crippen LogP contribution in [0.15, 0.2) is 16.4 Å². The predicted octanol–water partition coefficient (Wildman–Crippen LogP) is 0.407. The summed E-state index contributed by atoms with van der Waals surface area (Å²) in [5.74, 6) is 0.431. The van der Waals surface area contributed by atoms with E-state index in [1.54, 1.807) is 6.20 Å². The zero-order valence-electron chi connectivity index (χ0n) is 6.15. The van der Waals surface area contributed by atoms with Crippen molar-refractivity contribution >= 4 is 18.5 Å². The number of nitrogens with one attached hydrogen (secondary N) is 1. The van der Waals surface area contributed by atoms with Crippen LogP contribution >= 0.6 is 12.6 Å². The number of aromatic amines is 1. The fourth-order valence-corrected chi connectivity index (χ4v) is 1.08. The third kappa shape index (κ3) is 1.25. The molecular weight excluding hydrogens is 178 g/mol. The van der Waals surface area contributed by atoms with Gasteiger partial charge in [-0.2, -0.15) is 5.10 Å². The Bertz CT molecular complexity index is 309. The number of oxime groups is 1. The summed E-state index contributed by atoms with van der Waals surface area (Å²) in [5.41, 5.74) is 0.720. The fraction of sp³-hybridized carbons (Fsp3) is 0.333. The number of nitrogens with zero attached hydrogens (tertiary/aromatic N) is 2. The van der Waals surface area contributed by atoms with Crippen LogP contribution in [0.3, 0.4) is 0 Å². The zero-order chi connectivity index (χ0) is 8.39. The highest BCUT2D eigenvalue weighted by Crippen LogP contribution is 2.12. The van der Waals surface area contributed by atoms with E-state index in [0.717, 1.165) is 5.56 Å². The van der Waals surface area contributed by atoms with E-state index in [0.29, 0.717) is 24.1 Å². The lowest BCUT2D eigenvalue weighted by Crippen LogP contribution is -2.16. The first-order valence-electron chi connectivity index (χ1n) is 3.43. The Labute approximate surface area is 74.1 Å². The van der Waals surface area contributed by atoms with Gasteiger partial charge < -0.3 is 9.57 Å². The molecule has 0 fully saturated rings. The largest absolute Gasteiger partial charge is 0.471 e. The third-order valence-corrected chi connectivity index (χ3v) is 1.75. The Morgan fingerprint density at radius 1 is 1.50 bits per heavy atom. The summed E-state index contributed by atoms with van der Waals surface area (Å²) in [6.45, 7) is 1.00. The van der Waals surface area contributed by atoms with Gasteiger partial charge >= 0.3 is 0 Å². The van der Waals surface area contributed by atoms with Crippen molar-refractivity contribution in [2.24, 2.45) is 5.16 Å². The van der Waals surface area contributed by atoms with Crippen LogP contribution in [-0.2, 0) is 9.57 Å². The first-order valence-corrected chi connectivity index (χ1v) is 3.88. The molecule has 0 radical (unpaired) electrons. The number of hydrogen-bond donors (Lipinski definition) is 2. The van der Waals surface area contributed by atoms with E-state index in [4.69, 9.17) is 9.57 Å². The molecule has 2 heterocycles. The molecule has 1 aromatic rings. The summed E-state index contributed by atoms with van der Waals surface area (Å²) in [6.07, 6.45) is 1.59. The van der Waals surface area contributed by atoms with Gasteiger partial charge in [0.15, 0.2) is 6.61 Å². The van der Waals surface area contributed by atoms with E-state index in [2.05, 4.69) is 28.0 Å². The highest BCUT2D eigenvalue weighted by atomic mass is 32.1. The van der Waals surface area contributed by atoms with Crippen molar-refractivity contribution in [1.82, 2.24) is 10.2 Å². The quantitative estimate of drug-likeness (QED) is 0.623. The topological polar surface area (TPSA) is 59.5 Å². The lowest BCUT2D eigenvalue weighted by Gasteiger charge is -2.11. The maximum absolute atomic E-state index is 5.22. The van der Waals surface area contributed by atoms with Crippen molar-refractivity contribution in [2.75, 3.05) is 13.2 Å². The van der Waals surface area contributed by atoms with Crippen LogP contribution in [-0.4, -0.2) is 29.3 Å². The highest BCUT2D eigenvalue weighted by molar-refractivity contribution is 7.80. The molecule has 5 nitrogen and oxygen atoms in total. The van der Waals surface area contributed by atoms with Crippen LogP contribution in [0.25, 0.3) is 0 Å². The van der Waals surface area contributed by atoms with E-state index < -0.39 is 0 Å². The molecule has 0 saturated carbocycles. The Morgan fingerprint density at radius 2 is 2.42 bits per heavy atom. The number of hydrogen-bond acceptors (Lipinski definition) is 5. The second-order valence-electron chi connectivity index (χ2n) is 2.21. The molecule has 6 heteroatoms. The van der Waals surface area contributed by atoms with Crippen molar-refractivity contribution in [3.05, 3.63) is 11.8 Å². The van der Waals surface area contributed by atoms with Gasteiger partial charge in [-0.1, -0.05) is 0 Å². The summed E-state index contributed by atoms with van der Waals surface area (Å²) >= 11 is 4.12. The smallest absolute Gasteiger partial charge is 0.262 e. The van der Waals surface area contributed by atoms with Crippen LogP contribution in [0.4, 0.5) is 0 Å².